The van der Waals surface area contributed by atoms with Crippen molar-refractivity contribution in [2.24, 2.45) is 0 Å². The third-order valence-corrected chi connectivity index (χ3v) is 2.21. The van der Waals surface area contributed by atoms with Crippen molar-refractivity contribution in [1.29, 1.82) is 0 Å². The average Bonchev–Trinajstić information content (AvgIpc) is 2.28. The SMILES string of the molecule is CCCCOC(=O)Nc1ccc(C(=O)O)c(O)c1.[Zn]. The van der Waals surface area contributed by atoms with Crippen LogP contribution in [0.5, 0.6) is 5.75 Å². The topological polar surface area (TPSA) is 95.9 Å². The quantitative estimate of drug-likeness (QED) is 0.572. The van der Waals surface area contributed by atoms with Gasteiger partial charge in [0.15, 0.2) is 0 Å². The standard InChI is InChI=1S/C12H15NO5.Zn/c1-2-3-6-18-12(17)13-8-4-5-9(11(15)16)10(14)7-8;/h4-5,7,14H,2-3,6H2,1H3,(H,13,17)(H,15,16);. The van der Waals surface area contributed by atoms with Crippen molar-refractivity contribution in [2.75, 3.05) is 11.9 Å². The number of hydrogen-bond donors (Lipinski definition) is 3. The molecule has 6 nitrogen and oxygen atoms in total. The number of ether oxygens (including phenoxy) is 1. The van der Waals surface area contributed by atoms with E-state index in [1.807, 2.05) is 6.92 Å². The van der Waals surface area contributed by atoms with Gasteiger partial charge in [0.05, 0.1) is 6.61 Å². The van der Waals surface area contributed by atoms with Gasteiger partial charge in [0, 0.05) is 31.2 Å². The third-order valence-electron chi connectivity index (χ3n) is 2.21. The van der Waals surface area contributed by atoms with Gasteiger partial charge in [-0.25, -0.2) is 9.59 Å². The smallest absolute Gasteiger partial charge is 0.411 e. The number of carbonyl (C=O) groups is 2. The molecule has 0 saturated heterocycles. The zero-order valence-electron chi connectivity index (χ0n) is 10.7. The van der Waals surface area contributed by atoms with Crippen molar-refractivity contribution >= 4 is 17.7 Å². The van der Waals surface area contributed by atoms with Crippen molar-refractivity contribution in [1.82, 2.24) is 0 Å². The van der Waals surface area contributed by atoms with E-state index in [0.717, 1.165) is 18.9 Å². The summed E-state index contributed by atoms with van der Waals surface area (Å²) in [6.45, 7) is 2.30. The monoisotopic (exact) mass is 317 g/mol. The molecule has 7 heteroatoms. The molecule has 1 amide bonds. The zero-order valence-corrected chi connectivity index (χ0v) is 13.6. The molecule has 19 heavy (non-hydrogen) atoms. The molecule has 0 heterocycles. The van der Waals surface area contributed by atoms with E-state index in [1.54, 1.807) is 0 Å². The minimum Gasteiger partial charge on any atom is -0.507 e. The third kappa shape index (κ3) is 5.70. The van der Waals surface area contributed by atoms with Gasteiger partial charge in [-0.05, 0) is 18.6 Å². The van der Waals surface area contributed by atoms with E-state index < -0.39 is 17.8 Å². The molecular weight excluding hydrogens is 304 g/mol. The number of carboxylic acids is 1. The summed E-state index contributed by atoms with van der Waals surface area (Å²) in [6.07, 6.45) is 1.06. The van der Waals surface area contributed by atoms with Crippen molar-refractivity contribution in [2.45, 2.75) is 19.8 Å². The molecule has 1 aromatic rings. The minimum absolute atomic E-state index is 0. The number of aromatic carboxylic acids is 1. The molecule has 0 aliphatic carbocycles. The maximum atomic E-state index is 11.3. The average molecular weight is 319 g/mol. The maximum Gasteiger partial charge on any atom is 0.411 e. The molecule has 0 aliphatic heterocycles. The van der Waals surface area contributed by atoms with E-state index in [2.05, 4.69) is 5.32 Å². The van der Waals surface area contributed by atoms with Crippen LogP contribution in [0.4, 0.5) is 10.5 Å². The van der Waals surface area contributed by atoms with Crippen molar-refractivity contribution in [3.05, 3.63) is 23.8 Å². The van der Waals surface area contributed by atoms with Crippen LogP contribution in [0.15, 0.2) is 18.2 Å². The minimum atomic E-state index is -1.23. The van der Waals surface area contributed by atoms with Gasteiger partial charge < -0.3 is 14.9 Å². The Bertz CT molecular complexity index is 450. The number of benzene rings is 1. The summed E-state index contributed by atoms with van der Waals surface area (Å²) in [6, 6.07) is 3.74. The molecule has 1 rings (SSSR count). The van der Waals surface area contributed by atoms with Crippen LogP contribution in [0.1, 0.15) is 30.1 Å². The first-order chi connectivity index (χ1) is 8.54. The van der Waals surface area contributed by atoms with Crippen LogP contribution in [0, 0.1) is 0 Å². The molecular formula is C12H15NO5Zn. The normalized spacial score (nSPS) is 9.32. The molecule has 0 aliphatic rings. The molecule has 0 bridgehead atoms. The van der Waals surface area contributed by atoms with Crippen LogP contribution in [-0.4, -0.2) is 28.9 Å². The first-order valence-corrected chi connectivity index (χ1v) is 5.54. The Hall–Kier alpha value is -1.62. The molecule has 0 saturated carbocycles. The number of anilines is 1. The first-order valence-electron chi connectivity index (χ1n) is 5.54. The van der Waals surface area contributed by atoms with Crippen LogP contribution in [-0.2, 0) is 24.2 Å². The van der Waals surface area contributed by atoms with Gasteiger partial charge in [-0.3, -0.25) is 5.32 Å². The number of unbranched alkanes of at least 4 members (excludes halogenated alkanes) is 1. The fourth-order valence-corrected chi connectivity index (χ4v) is 1.25. The summed E-state index contributed by atoms with van der Waals surface area (Å²) in [5.74, 6) is -1.64. The van der Waals surface area contributed by atoms with E-state index in [-0.39, 0.29) is 30.7 Å². The summed E-state index contributed by atoms with van der Waals surface area (Å²) in [4.78, 5) is 21.9. The Morgan fingerprint density at radius 3 is 2.58 bits per heavy atom. The first kappa shape index (κ1) is 17.4. The van der Waals surface area contributed by atoms with Gasteiger partial charge in [-0.1, -0.05) is 13.3 Å². The van der Waals surface area contributed by atoms with Crippen molar-refractivity contribution in [3.8, 4) is 5.75 Å². The number of aromatic hydroxyl groups is 1. The van der Waals surface area contributed by atoms with Crippen LogP contribution in [0.3, 0.4) is 0 Å². The van der Waals surface area contributed by atoms with Crippen LogP contribution in [0.25, 0.3) is 0 Å². The fraction of sp³-hybridized carbons (Fsp3) is 0.333. The number of nitrogens with one attached hydrogen (secondary N) is 1. The predicted molar refractivity (Wildman–Crippen MR) is 64.9 cm³/mol. The fourth-order valence-electron chi connectivity index (χ4n) is 1.25. The Morgan fingerprint density at radius 2 is 2.05 bits per heavy atom. The van der Waals surface area contributed by atoms with Gasteiger partial charge >= 0.3 is 12.1 Å². The van der Waals surface area contributed by atoms with Crippen molar-refractivity contribution < 1.29 is 44.0 Å². The van der Waals surface area contributed by atoms with Gasteiger partial charge in [0.25, 0.3) is 0 Å². The number of rotatable bonds is 5. The summed E-state index contributed by atoms with van der Waals surface area (Å²) in [5, 5.41) is 20.5. The van der Waals surface area contributed by atoms with E-state index in [9.17, 15) is 14.7 Å². The second kappa shape index (κ2) is 8.48. The van der Waals surface area contributed by atoms with Gasteiger partial charge in [0.1, 0.15) is 11.3 Å². The summed E-state index contributed by atoms with van der Waals surface area (Å²) in [5.41, 5.74) is 0.0545. The van der Waals surface area contributed by atoms with Crippen molar-refractivity contribution in [3.63, 3.8) is 0 Å². The molecule has 0 fully saturated rings. The van der Waals surface area contributed by atoms with E-state index >= 15 is 0 Å². The number of carboxylic acid groups (broad SMARTS) is 1. The molecule has 0 radical (unpaired) electrons. The Balaban J connectivity index is 0.00000324. The van der Waals surface area contributed by atoms with Crippen LogP contribution in [0.2, 0.25) is 0 Å². The Morgan fingerprint density at radius 1 is 1.37 bits per heavy atom. The second-order valence-electron chi connectivity index (χ2n) is 3.65. The number of amides is 1. The molecule has 1 aromatic carbocycles. The molecule has 0 atom stereocenters. The van der Waals surface area contributed by atoms with Gasteiger partial charge in [0.2, 0.25) is 0 Å². The van der Waals surface area contributed by atoms with E-state index in [1.165, 1.54) is 12.1 Å². The molecule has 0 spiro atoms. The van der Waals surface area contributed by atoms with Crippen LogP contribution >= 0.6 is 0 Å². The number of carbonyl (C=O) groups excluding carboxylic acids is 1. The van der Waals surface area contributed by atoms with Gasteiger partial charge in [-0.15, -0.1) is 0 Å². The molecule has 100 valence electrons. The molecule has 0 aromatic heterocycles. The summed E-state index contributed by atoms with van der Waals surface area (Å²) in [7, 11) is 0. The second-order valence-corrected chi connectivity index (χ2v) is 3.65. The van der Waals surface area contributed by atoms with E-state index in [0.29, 0.717) is 6.61 Å². The number of phenols is 1. The summed E-state index contributed by atoms with van der Waals surface area (Å²) >= 11 is 0. The molecule has 3 N–H and O–H groups in total. The zero-order chi connectivity index (χ0) is 13.5. The van der Waals surface area contributed by atoms with E-state index in [4.69, 9.17) is 9.84 Å². The maximum absolute atomic E-state index is 11.3. The van der Waals surface area contributed by atoms with Crippen LogP contribution < -0.4 is 5.32 Å². The predicted octanol–water partition coefficient (Wildman–Crippen LogP) is 2.44. The largest absolute Gasteiger partial charge is 0.507 e. The molecule has 0 unspecified atom stereocenters. The number of hydrogen-bond acceptors (Lipinski definition) is 4. The Kier molecular flexibility index (Phi) is 7.76. The summed E-state index contributed by atoms with van der Waals surface area (Å²) < 4.78 is 4.86. The Labute approximate surface area is 123 Å². The van der Waals surface area contributed by atoms with Gasteiger partial charge in [-0.2, -0.15) is 0 Å².